The second-order valence-electron chi connectivity index (χ2n) is 2.76. The van der Waals surface area contributed by atoms with E-state index in [1.165, 1.54) is 18.9 Å². The summed E-state index contributed by atoms with van der Waals surface area (Å²) < 4.78 is 5.43. The fourth-order valence-electron chi connectivity index (χ4n) is 0.842. The molecule has 1 rings (SSSR count). The van der Waals surface area contributed by atoms with Gasteiger partial charge in [0.1, 0.15) is 6.04 Å². The minimum atomic E-state index is -0.606. The molecule has 0 amide bonds. The maximum Gasteiger partial charge on any atom is 0.323 e. The molecule has 1 unspecified atom stereocenters. The maximum atomic E-state index is 11.0. The van der Waals surface area contributed by atoms with Crippen LogP contribution < -0.4 is 5.73 Å². The molecule has 0 aliphatic heterocycles. The predicted molar refractivity (Wildman–Crippen MR) is 62.7 cm³/mol. The van der Waals surface area contributed by atoms with E-state index in [0.717, 1.165) is 9.50 Å². The van der Waals surface area contributed by atoms with Crippen molar-refractivity contribution in [3.8, 4) is 0 Å². The fourth-order valence-corrected chi connectivity index (χ4v) is 1.85. The van der Waals surface area contributed by atoms with Gasteiger partial charge in [0.15, 0.2) is 0 Å². The number of hydrogen-bond donors (Lipinski definition) is 1. The predicted octanol–water partition coefficient (Wildman–Crippen LogP) is 1.44. The van der Waals surface area contributed by atoms with Gasteiger partial charge in [-0.05, 0) is 28.1 Å². The first-order chi connectivity index (χ1) is 7.13. The van der Waals surface area contributed by atoms with Gasteiger partial charge in [-0.2, -0.15) is 0 Å². The summed E-state index contributed by atoms with van der Waals surface area (Å²) >= 11 is 4.71. The largest absolute Gasteiger partial charge is 0.468 e. The normalized spacial score (nSPS) is 12.2. The summed E-state index contributed by atoms with van der Waals surface area (Å²) in [6.45, 7) is 0. The number of carbonyl (C=O) groups excluding carboxylic acids is 1. The fraction of sp³-hybridized carbons (Fsp3) is 0.333. The van der Waals surface area contributed by atoms with Crippen LogP contribution in [-0.2, 0) is 9.53 Å². The van der Waals surface area contributed by atoms with E-state index in [-0.39, 0.29) is 0 Å². The zero-order valence-electron chi connectivity index (χ0n) is 8.14. The van der Waals surface area contributed by atoms with Gasteiger partial charge < -0.3 is 10.5 Å². The molecular weight excluding hydrogens is 280 g/mol. The molecule has 1 atom stereocenters. The molecule has 0 saturated carbocycles. The molecule has 0 aliphatic carbocycles. The number of ether oxygens (including phenoxy) is 1. The first-order valence-electron chi connectivity index (χ1n) is 4.21. The van der Waals surface area contributed by atoms with Gasteiger partial charge in [0, 0.05) is 16.4 Å². The number of methoxy groups -OCH3 is 1. The van der Waals surface area contributed by atoms with Crippen molar-refractivity contribution in [2.24, 2.45) is 5.73 Å². The number of hydrogen-bond acceptors (Lipinski definition) is 5. The van der Waals surface area contributed by atoms with Crippen LogP contribution in [0.15, 0.2) is 27.8 Å². The van der Waals surface area contributed by atoms with Gasteiger partial charge in [-0.15, -0.1) is 11.8 Å². The van der Waals surface area contributed by atoms with Gasteiger partial charge in [-0.1, -0.05) is 0 Å². The van der Waals surface area contributed by atoms with Crippen molar-refractivity contribution in [3.05, 3.63) is 22.8 Å². The van der Waals surface area contributed by atoms with Crippen molar-refractivity contribution in [2.75, 3.05) is 12.9 Å². The zero-order chi connectivity index (χ0) is 11.3. The van der Waals surface area contributed by atoms with Crippen molar-refractivity contribution < 1.29 is 9.53 Å². The van der Waals surface area contributed by atoms with Gasteiger partial charge in [0.05, 0.1) is 12.1 Å². The molecule has 0 bridgehead atoms. The van der Waals surface area contributed by atoms with Crippen LogP contribution in [0.4, 0.5) is 0 Å². The standard InChI is InChI=1S/C9H11BrN2O2S/c1-14-9(13)7(11)5-15-8-3-2-6(10)4-12-8/h2-4,7H,5,11H2,1H3. The molecule has 1 aromatic heterocycles. The Morgan fingerprint density at radius 1 is 1.73 bits per heavy atom. The average molecular weight is 291 g/mol. The highest BCUT2D eigenvalue weighted by Gasteiger charge is 2.13. The maximum absolute atomic E-state index is 11.0. The molecule has 0 aliphatic rings. The molecule has 4 nitrogen and oxygen atoms in total. The van der Waals surface area contributed by atoms with Crippen LogP contribution in [-0.4, -0.2) is 29.9 Å². The van der Waals surface area contributed by atoms with Crippen LogP contribution >= 0.6 is 27.7 Å². The topological polar surface area (TPSA) is 65.2 Å². The number of aromatic nitrogens is 1. The molecule has 0 fully saturated rings. The Hall–Kier alpha value is -0.590. The summed E-state index contributed by atoms with van der Waals surface area (Å²) in [5.74, 6) is 0.0565. The Morgan fingerprint density at radius 2 is 2.47 bits per heavy atom. The molecule has 82 valence electrons. The summed E-state index contributed by atoms with van der Waals surface area (Å²) in [5, 5.41) is 0.831. The van der Waals surface area contributed by atoms with Crippen molar-refractivity contribution in [2.45, 2.75) is 11.1 Å². The summed E-state index contributed by atoms with van der Waals surface area (Å²) in [5.41, 5.74) is 5.57. The molecule has 2 N–H and O–H groups in total. The lowest BCUT2D eigenvalue weighted by atomic mass is 10.4. The highest BCUT2D eigenvalue weighted by atomic mass is 79.9. The molecule has 0 radical (unpaired) electrons. The number of nitrogens with zero attached hydrogens (tertiary/aromatic N) is 1. The lowest BCUT2D eigenvalue weighted by molar-refractivity contribution is -0.141. The molecule has 0 spiro atoms. The minimum Gasteiger partial charge on any atom is -0.468 e. The summed E-state index contributed by atoms with van der Waals surface area (Å²) in [6.07, 6.45) is 1.70. The third-order valence-corrected chi connectivity index (χ3v) is 3.15. The van der Waals surface area contributed by atoms with Gasteiger partial charge in [-0.25, -0.2) is 4.98 Å². The first-order valence-corrected chi connectivity index (χ1v) is 5.99. The van der Waals surface area contributed by atoms with Crippen LogP contribution in [0.2, 0.25) is 0 Å². The summed E-state index contributed by atoms with van der Waals surface area (Å²) in [7, 11) is 1.32. The molecular formula is C9H11BrN2O2S. The molecule has 1 aromatic rings. The Labute approximate surface area is 101 Å². The van der Waals surface area contributed by atoms with E-state index in [2.05, 4.69) is 25.7 Å². The number of pyridine rings is 1. The smallest absolute Gasteiger partial charge is 0.323 e. The SMILES string of the molecule is COC(=O)C(N)CSc1ccc(Br)cn1. The lowest BCUT2D eigenvalue weighted by Crippen LogP contribution is -2.33. The van der Waals surface area contributed by atoms with Crippen LogP contribution in [0.25, 0.3) is 0 Å². The molecule has 0 saturated heterocycles. The third-order valence-electron chi connectivity index (χ3n) is 1.61. The second kappa shape index (κ2) is 6.09. The Kier molecular flexibility index (Phi) is 5.07. The summed E-state index contributed by atoms with van der Waals surface area (Å²) in [4.78, 5) is 15.1. The third kappa shape index (κ3) is 4.19. The number of nitrogens with two attached hydrogens (primary N) is 1. The van der Waals surface area contributed by atoms with Crippen LogP contribution in [0.3, 0.4) is 0 Å². The van der Waals surface area contributed by atoms with Crippen molar-refractivity contribution in [1.29, 1.82) is 0 Å². The Morgan fingerprint density at radius 3 is 3.00 bits per heavy atom. The first kappa shape index (κ1) is 12.5. The van der Waals surface area contributed by atoms with Crippen molar-refractivity contribution in [3.63, 3.8) is 0 Å². The van der Waals surface area contributed by atoms with E-state index in [1.54, 1.807) is 6.20 Å². The molecule has 15 heavy (non-hydrogen) atoms. The van der Waals surface area contributed by atoms with Crippen LogP contribution in [0.5, 0.6) is 0 Å². The number of halogens is 1. The minimum absolute atomic E-state index is 0.403. The van der Waals surface area contributed by atoms with E-state index < -0.39 is 12.0 Å². The van der Waals surface area contributed by atoms with E-state index in [1.807, 2.05) is 12.1 Å². The second-order valence-corrected chi connectivity index (χ2v) is 4.71. The van der Waals surface area contributed by atoms with Crippen molar-refractivity contribution >= 4 is 33.7 Å². The summed E-state index contributed by atoms with van der Waals surface area (Å²) in [6, 6.07) is 3.14. The van der Waals surface area contributed by atoms with E-state index in [9.17, 15) is 4.79 Å². The van der Waals surface area contributed by atoms with Crippen LogP contribution in [0.1, 0.15) is 0 Å². The van der Waals surface area contributed by atoms with Crippen LogP contribution in [0, 0.1) is 0 Å². The average Bonchev–Trinajstić information content (AvgIpc) is 2.26. The van der Waals surface area contributed by atoms with Gasteiger partial charge in [0.2, 0.25) is 0 Å². The number of esters is 1. The van der Waals surface area contributed by atoms with Gasteiger partial charge in [0.25, 0.3) is 0 Å². The Balaban J connectivity index is 2.43. The highest BCUT2D eigenvalue weighted by Crippen LogP contribution is 2.17. The zero-order valence-corrected chi connectivity index (χ0v) is 10.5. The van der Waals surface area contributed by atoms with Gasteiger partial charge in [-0.3, -0.25) is 4.79 Å². The number of rotatable bonds is 4. The van der Waals surface area contributed by atoms with E-state index in [0.29, 0.717) is 5.75 Å². The molecule has 1 heterocycles. The molecule has 6 heteroatoms. The lowest BCUT2D eigenvalue weighted by Gasteiger charge is -2.07. The monoisotopic (exact) mass is 290 g/mol. The van der Waals surface area contributed by atoms with E-state index >= 15 is 0 Å². The van der Waals surface area contributed by atoms with Crippen molar-refractivity contribution in [1.82, 2.24) is 4.98 Å². The Bertz CT molecular complexity index is 331. The molecule has 0 aromatic carbocycles. The quantitative estimate of drug-likeness (QED) is 0.671. The number of thioether (sulfide) groups is 1. The number of carbonyl (C=O) groups is 1. The highest BCUT2D eigenvalue weighted by molar-refractivity contribution is 9.10. The van der Waals surface area contributed by atoms with E-state index in [4.69, 9.17) is 5.73 Å². The van der Waals surface area contributed by atoms with Gasteiger partial charge >= 0.3 is 5.97 Å².